The van der Waals surface area contributed by atoms with Crippen LogP contribution < -0.4 is 9.62 Å². The van der Waals surface area contributed by atoms with Gasteiger partial charge in [-0.3, -0.25) is 13.9 Å². The zero-order chi connectivity index (χ0) is 28.7. The third-order valence-electron chi connectivity index (χ3n) is 6.41. The molecule has 3 aromatic rings. The fraction of sp³-hybridized carbons (Fsp3) is 0.310. The fourth-order valence-corrected chi connectivity index (χ4v) is 5.71. The molecule has 0 unspecified atom stereocenters. The zero-order valence-electron chi connectivity index (χ0n) is 22.4. The number of amides is 2. The van der Waals surface area contributed by atoms with Crippen LogP contribution >= 0.6 is 15.9 Å². The van der Waals surface area contributed by atoms with Gasteiger partial charge in [0.25, 0.3) is 10.0 Å². The number of carbonyl (C=O) groups is 2. The van der Waals surface area contributed by atoms with E-state index in [0.717, 1.165) is 32.0 Å². The molecule has 0 aromatic heterocycles. The van der Waals surface area contributed by atoms with Crippen molar-refractivity contribution in [3.05, 3.63) is 94.2 Å². The Kier molecular flexibility index (Phi) is 10.3. The van der Waals surface area contributed by atoms with Crippen LogP contribution in [0.3, 0.4) is 0 Å². The number of nitrogens with zero attached hydrogens (tertiary/aromatic N) is 2. The van der Waals surface area contributed by atoms with E-state index in [1.54, 1.807) is 19.1 Å². The summed E-state index contributed by atoms with van der Waals surface area (Å²) in [6.07, 6.45) is 0.713. The summed E-state index contributed by atoms with van der Waals surface area (Å²) in [6.45, 7) is 6.76. The maximum Gasteiger partial charge on any atom is 0.264 e. The van der Waals surface area contributed by atoms with Crippen LogP contribution in [-0.4, -0.2) is 43.8 Å². The molecule has 39 heavy (non-hydrogen) atoms. The van der Waals surface area contributed by atoms with Crippen LogP contribution in [0.4, 0.5) is 10.1 Å². The molecule has 1 N–H and O–H groups in total. The molecule has 2 amide bonds. The van der Waals surface area contributed by atoms with Crippen molar-refractivity contribution in [1.29, 1.82) is 0 Å². The van der Waals surface area contributed by atoms with Crippen LogP contribution in [0.25, 0.3) is 0 Å². The average molecular weight is 619 g/mol. The van der Waals surface area contributed by atoms with Gasteiger partial charge in [-0.15, -0.1) is 0 Å². The molecule has 0 radical (unpaired) electrons. The number of carbonyl (C=O) groups excluding carboxylic acids is 2. The van der Waals surface area contributed by atoms with E-state index < -0.39 is 34.3 Å². The SMILES string of the molecule is CC[C@@H](C)NC(=O)[C@@H](C)N(Cc1cccc(Br)c1)C(=O)CN(c1ccc(F)cc1)S(=O)(=O)c1ccc(C)cc1. The minimum Gasteiger partial charge on any atom is -0.352 e. The first kappa shape index (κ1) is 30.3. The number of hydrogen-bond donors (Lipinski definition) is 1. The second-order valence-corrected chi connectivity index (χ2v) is 12.2. The van der Waals surface area contributed by atoms with Gasteiger partial charge in [0.15, 0.2) is 0 Å². The van der Waals surface area contributed by atoms with E-state index >= 15 is 0 Å². The summed E-state index contributed by atoms with van der Waals surface area (Å²) in [5, 5.41) is 2.90. The summed E-state index contributed by atoms with van der Waals surface area (Å²) in [4.78, 5) is 28.3. The van der Waals surface area contributed by atoms with E-state index in [1.165, 1.54) is 29.2 Å². The summed E-state index contributed by atoms with van der Waals surface area (Å²) in [6, 6.07) is 17.5. The average Bonchev–Trinajstić information content (AvgIpc) is 2.90. The number of sulfonamides is 1. The van der Waals surface area contributed by atoms with Crippen LogP contribution in [0.1, 0.15) is 38.3 Å². The topological polar surface area (TPSA) is 86.8 Å². The van der Waals surface area contributed by atoms with Gasteiger partial charge < -0.3 is 10.2 Å². The van der Waals surface area contributed by atoms with E-state index in [2.05, 4.69) is 21.2 Å². The molecule has 0 bridgehead atoms. The second kappa shape index (κ2) is 13.2. The molecule has 208 valence electrons. The Bertz CT molecular complexity index is 1400. The molecule has 0 saturated carbocycles. The Morgan fingerprint density at radius 3 is 2.23 bits per heavy atom. The number of halogens is 2. The van der Waals surface area contributed by atoms with Crippen molar-refractivity contribution in [3.8, 4) is 0 Å². The predicted octanol–water partition coefficient (Wildman–Crippen LogP) is 5.42. The van der Waals surface area contributed by atoms with Crippen LogP contribution in [0.15, 0.2) is 82.2 Å². The molecule has 0 spiro atoms. The van der Waals surface area contributed by atoms with Crippen molar-refractivity contribution in [1.82, 2.24) is 10.2 Å². The van der Waals surface area contributed by atoms with Gasteiger partial charge in [0.2, 0.25) is 11.8 Å². The lowest BCUT2D eigenvalue weighted by Gasteiger charge is -2.32. The minimum atomic E-state index is -4.21. The van der Waals surface area contributed by atoms with Crippen molar-refractivity contribution in [2.24, 2.45) is 0 Å². The predicted molar refractivity (Wildman–Crippen MR) is 154 cm³/mol. The number of benzene rings is 3. The number of nitrogens with one attached hydrogen (secondary N) is 1. The van der Waals surface area contributed by atoms with Gasteiger partial charge in [-0.2, -0.15) is 0 Å². The molecule has 0 saturated heterocycles. The molecule has 3 aromatic carbocycles. The quantitative estimate of drug-likeness (QED) is 0.311. The molecule has 10 heteroatoms. The molecular formula is C29H33BrFN3O4S. The molecule has 2 atom stereocenters. The van der Waals surface area contributed by atoms with E-state index in [-0.39, 0.29) is 29.1 Å². The first-order valence-electron chi connectivity index (χ1n) is 12.6. The van der Waals surface area contributed by atoms with Gasteiger partial charge in [-0.1, -0.05) is 52.7 Å². The van der Waals surface area contributed by atoms with Crippen LogP contribution in [0.5, 0.6) is 0 Å². The lowest BCUT2D eigenvalue weighted by atomic mass is 10.1. The van der Waals surface area contributed by atoms with Crippen molar-refractivity contribution in [3.63, 3.8) is 0 Å². The van der Waals surface area contributed by atoms with Gasteiger partial charge in [0, 0.05) is 17.1 Å². The Morgan fingerprint density at radius 2 is 1.64 bits per heavy atom. The summed E-state index contributed by atoms with van der Waals surface area (Å²) < 4.78 is 43.0. The maximum absolute atomic E-state index is 13.9. The summed E-state index contributed by atoms with van der Waals surface area (Å²) >= 11 is 3.43. The van der Waals surface area contributed by atoms with Crippen LogP contribution in [-0.2, 0) is 26.2 Å². The minimum absolute atomic E-state index is 0.00803. The lowest BCUT2D eigenvalue weighted by Crippen LogP contribution is -2.52. The number of aryl methyl sites for hydroxylation is 1. The van der Waals surface area contributed by atoms with Crippen molar-refractivity contribution in [2.45, 2.75) is 57.6 Å². The normalized spacial score (nSPS) is 12.9. The standard InChI is InChI=1S/C29H33BrFN3O4S/c1-5-21(3)32-29(36)22(4)33(18-23-7-6-8-24(30)17-23)28(35)19-34(26-13-11-25(31)12-14-26)39(37,38)27-15-9-20(2)10-16-27/h6-17,21-22H,5,18-19H2,1-4H3,(H,32,36)/t21-,22-/m1/s1. The van der Waals surface area contributed by atoms with Gasteiger partial charge in [-0.05, 0) is 81.3 Å². The second-order valence-electron chi connectivity index (χ2n) is 9.45. The van der Waals surface area contributed by atoms with E-state index in [4.69, 9.17) is 0 Å². The summed E-state index contributed by atoms with van der Waals surface area (Å²) in [5.74, 6) is -1.46. The smallest absolute Gasteiger partial charge is 0.264 e. The molecule has 7 nitrogen and oxygen atoms in total. The number of rotatable bonds is 11. The highest BCUT2D eigenvalue weighted by molar-refractivity contribution is 9.10. The first-order valence-corrected chi connectivity index (χ1v) is 14.8. The highest BCUT2D eigenvalue weighted by atomic mass is 79.9. The van der Waals surface area contributed by atoms with Crippen molar-refractivity contribution in [2.75, 3.05) is 10.8 Å². The highest BCUT2D eigenvalue weighted by Crippen LogP contribution is 2.25. The van der Waals surface area contributed by atoms with Gasteiger partial charge in [0.1, 0.15) is 18.4 Å². The third kappa shape index (κ3) is 7.89. The lowest BCUT2D eigenvalue weighted by molar-refractivity contribution is -0.139. The number of anilines is 1. The van der Waals surface area contributed by atoms with Gasteiger partial charge in [0.05, 0.1) is 10.6 Å². The maximum atomic E-state index is 13.9. The highest BCUT2D eigenvalue weighted by Gasteiger charge is 2.32. The zero-order valence-corrected chi connectivity index (χ0v) is 24.8. The molecule has 3 rings (SSSR count). The molecule has 0 aliphatic heterocycles. The van der Waals surface area contributed by atoms with Crippen LogP contribution in [0, 0.1) is 12.7 Å². The fourth-order valence-electron chi connectivity index (χ4n) is 3.85. The Hall–Kier alpha value is -3.24. The van der Waals surface area contributed by atoms with E-state index in [9.17, 15) is 22.4 Å². The van der Waals surface area contributed by atoms with Crippen molar-refractivity contribution >= 4 is 43.5 Å². The van der Waals surface area contributed by atoms with E-state index in [0.29, 0.717) is 6.42 Å². The van der Waals surface area contributed by atoms with E-state index in [1.807, 2.05) is 45.0 Å². The monoisotopic (exact) mass is 617 g/mol. The molecule has 0 fully saturated rings. The molecule has 0 aliphatic carbocycles. The first-order chi connectivity index (χ1) is 18.4. The largest absolute Gasteiger partial charge is 0.352 e. The van der Waals surface area contributed by atoms with Gasteiger partial charge >= 0.3 is 0 Å². The number of hydrogen-bond acceptors (Lipinski definition) is 4. The Balaban J connectivity index is 2.02. The van der Waals surface area contributed by atoms with Crippen molar-refractivity contribution < 1.29 is 22.4 Å². The Morgan fingerprint density at radius 1 is 1.00 bits per heavy atom. The molecule has 0 aliphatic rings. The molecule has 0 heterocycles. The molecular weight excluding hydrogens is 585 g/mol. The Labute approximate surface area is 238 Å². The van der Waals surface area contributed by atoms with Crippen LogP contribution in [0.2, 0.25) is 0 Å². The summed E-state index contributed by atoms with van der Waals surface area (Å²) in [7, 11) is -4.21. The summed E-state index contributed by atoms with van der Waals surface area (Å²) in [5.41, 5.74) is 1.76. The third-order valence-corrected chi connectivity index (χ3v) is 8.69. The van der Waals surface area contributed by atoms with Gasteiger partial charge in [-0.25, -0.2) is 12.8 Å².